The van der Waals surface area contributed by atoms with Crippen LogP contribution in [0, 0.1) is 6.07 Å². The normalized spacial score (nSPS) is 11.0. The second-order valence-corrected chi connectivity index (χ2v) is 7.50. The summed E-state index contributed by atoms with van der Waals surface area (Å²) < 4.78 is 0. The number of fused-ring (bicyclic) bond motifs is 1. The van der Waals surface area contributed by atoms with Crippen molar-refractivity contribution in [2.24, 2.45) is 0 Å². The van der Waals surface area contributed by atoms with E-state index in [9.17, 15) is 5.11 Å². The van der Waals surface area contributed by atoms with Crippen LogP contribution in [0.25, 0.3) is 44.4 Å². The number of aromatic nitrogens is 2. The van der Waals surface area contributed by atoms with E-state index in [0.29, 0.717) is 10.9 Å². The van der Waals surface area contributed by atoms with Crippen molar-refractivity contribution in [3.05, 3.63) is 97.2 Å². The maximum atomic E-state index is 10.6. The van der Waals surface area contributed by atoms with Crippen molar-refractivity contribution in [2.45, 2.75) is 4.90 Å². The van der Waals surface area contributed by atoms with Crippen molar-refractivity contribution < 1.29 is 5.11 Å². The molecule has 4 heteroatoms. The second kappa shape index (κ2) is 7.65. The molecular formula is C26H17N2OS. The van der Waals surface area contributed by atoms with Crippen LogP contribution in [0.15, 0.2) is 96.0 Å². The lowest BCUT2D eigenvalue weighted by molar-refractivity contribution is 0.460. The minimum absolute atomic E-state index is 0.0339. The maximum absolute atomic E-state index is 10.6. The molecule has 0 aliphatic heterocycles. The van der Waals surface area contributed by atoms with E-state index in [1.165, 1.54) is 0 Å². The molecular weight excluding hydrogens is 388 g/mol. The highest BCUT2D eigenvalue weighted by atomic mass is 32.1. The van der Waals surface area contributed by atoms with E-state index in [1.807, 2.05) is 84.9 Å². The molecule has 0 aliphatic rings. The van der Waals surface area contributed by atoms with Crippen molar-refractivity contribution in [3.8, 4) is 39.4 Å². The lowest BCUT2D eigenvalue weighted by Crippen LogP contribution is -1.95. The molecule has 3 nitrogen and oxygen atoms in total. The topological polar surface area (TPSA) is 46.0 Å². The number of nitrogens with zero attached hydrogens (tertiary/aromatic N) is 2. The van der Waals surface area contributed by atoms with E-state index in [0.717, 1.165) is 38.4 Å². The highest BCUT2D eigenvalue weighted by Gasteiger charge is 2.17. The summed E-state index contributed by atoms with van der Waals surface area (Å²) in [5, 5.41) is 11.2. The Morgan fingerprint density at radius 1 is 0.767 bits per heavy atom. The Morgan fingerprint density at radius 3 is 2.30 bits per heavy atom. The van der Waals surface area contributed by atoms with Crippen molar-refractivity contribution in [1.29, 1.82) is 0 Å². The summed E-state index contributed by atoms with van der Waals surface area (Å²) in [5.74, 6) is -0.0339. The molecule has 143 valence electrons. The van der Waals surface area contributed by atoms with Crippen molar-refractivity contribution in [3.63, 3.8) is 0 Å². The molecule has 0 atom stereocenters. The molecule has 0 aliphatic carbocycles. The number of rotatable bonds is 3. The molecule has 0 saturated carbocycles. The number of pyridine rings is 2. The zero-order valence-corrected chi connectivity index (χ0v) is 16.8. The summed E-state index contributed by atoms with van der Waals surface area (Å²) in [6.45, 7) is 0. The first kappa shape index (κ1) is 18.4. The minimum atomic E-state index is -0.0339. The van der Waals surface area contributed by atoms with E-state index in [2.05, 4.69) is 23.7 Å². The summed E-state index contributed by atoms with van der Waals surface area (Å²) >= 11 is 4.47. The molecule has 5 aromatic rings. The van der Waals surface area contributed by atoms with Gasteiger partial charge in [0.2, 0.25) is 5.88 Å². The highest BCUT2D eigenvalue weighted by Crippen LogP contribution is 2.38. The lowest BCUT2D eigenvalue weighted by atomic mass is 9.96. The largest absolute Gasteiger partial charge is 0.493 e. The summed E-state index contributed by atoms with van der Waals surface area (Å²) in [5.41, 5.74) is 6.29. The number of hydrogen-bond acceptors (Lipinski definition) is 4. The molecule has 0 saturated heterocycles. The Hall–Kier alpha value is -3.63. The smallest absolute Gasteiger partial charge is 0.220 e. The van der Waals surface area contributed by atoms with Crippen LogP contribution in [-0.2, 0) is 0 Å². The molecule has 1 N–H and O–H groups in total. The van der Waals surface area contributed by atoms with Gasteiger partial charge in [0, 0.05) is 27.8 Å². The van der Waals surface area contributed by atoms with Crippen molar-refractivity contribution >= 4 is 23.5 Å². The van der Waals surface area contributed by atoms with E-state index in [4.69, 9.17) is 4.98 Å². The predicted molar refractivity (Wildman–Crippen MR) is 124 cm³/mol. The van der Waals surface area contributed by atoms with Gasteiger partial charge in [-0.15, -0.1) is 12.6 Å². The van der Waals surface area contributed by atoms with Gasteiger partial charge in [0.15, 0.2) is 0 Å². The van der Waals surface area contributed by atoms with Crippen LogP contribution in [0.2, 0.25) is 0 Å². The Balaban J connectivity index is 1.86. The number of hydrogen-bond donors (Lipinski definition) is 2. The monoisotopic (exact) mass is 405 g/mol. The van der Waals surface area contributed by atoms with Gasteiger partial charge in [-0.2, -0.15) is 0 Å². The zero-order chi connectivity index (χ0) is 20.5. The SMILES string of the molecule is Oc1ncc(-c2cccc(S)c2)c2nc(-c3cc[c]cc3)c(-c3ccccc3)cc12. The van der Waals surface area contributed by atoms with E-state index in [-0.39, 0.29) is 5.88 Å². The molecule has 2 heterocycles. The Morgan fingerprint density at radius 2 is 1.53 bits per heavy atom. The van der Waals surface area contributed by atoms with E-state index < -0.39 is 0 Å². The molecule has 1 radical (unpaired) electrons. The van der Waals surface area contributed by atoms with Gasteiger partial charge in [0.25, 0.3) is 0 Å². The quantitative estimate of drug-likeness (QED) is 0.340. The third-order valence-electron chi connectivity index (χ3n) is 5.07. The minimum Gasteiger partial charge on any atom is -0.493 e. The molecule has 0 fully saturated rings. The highest BCUT2D eigenvalue weighted by molar-refractivity contribution is 7.80. The van der Waals surface area contributed by atoms with Gasteiger partial charge in [-0.05, 0) is 35.4 Å². The maximum Gasteiger partial charge on any atom is 0.220 e. The van der Waals surface area contributed by atoms with Gasteiger partial charge in [-0.3, -0.25) is 0 Å². The van der Waals surface area contributed by atoms with Crippen LogP contribution in [-0.4, -0.2) is 15.1 Å². The fourth-order valence-electron chi connectivity index (χ4n) is 3.63. The molecule has 0 amide bonds. The second-order valence-electron chi connectivity index (χ2n) is 6.98. The summed E-state index contributed by atoms with van der Waals surface area (Å²) in [6.07, 6.45) is 1.66. The fraction of sp³-hybridized carbons (Fsp3) is 0. The van der Waals surface area contributed by atoms with Gasteiger partial charge >= 0.3 is 0 Å². The summed E-state index contributed by atoms with van der Waals surface area (Å²) in [7, 11) is 0. The van der Waals surface area contributed by atoms with Crippen molar-refractivity contribution in [1.82, 2.24) is 9.97 Å². The number of aromatic hydroxyl groups is 1. The van der Waals surface area contributed by atoms with Gasteiger partial charge in [0.1, 0.15) is 0 Å². The number of benzene rings is 3. The average molecular weight is 406 g/mol. The van der Waals surface area contributed by atoms with Crippen LogP contribution >= 0.6 is 12.6 Å². The van der Waals surface area contributed by atoms with Crippen LogP contribution in [0.3, 0.4) is 0 Å². The van der Waals surface area contributed by atoms with Crippen LogP contribution in [0.4, 0.5) is 0 Å². The Labute approximate surface area is 180 Å². The standard InChI is InChI=1S/C26H17N2OS/c29-26-22-15-21(17-8-3-1-4-9-17)24(18-10-5-2-6-11-18)28-25(22)23(16-27-26)19-12-7-13-20(30)14-19/h1,3-16,30H,(H,27,29). The van der Waals surface area contributed by atoms with Crippen LogP contribution in [0.1, 0.15) is 0 Å². The zero-order valence-electron chi connectivity index (χ0n) is 15.9. The van der Waals surface area contributed by atoms with Gasteiger partial charge in [0.05, 0.1) is 16.6 Å². The lowest BCUT2D eigenvalue weighted by Gasteiger charge is -2.14. The molecule has 3 aromatic carbocycles. The molecule has 2 aromatic heterocycles. The summed E-state index contributed by atoms with van der Waals surface area (Å²) in [6, 6.07) is 30.7. The van der Waals surface area contributed by atoms with Gasteiger partial charge < -0.3 is 5.11 Å². The first-order chi connectivity index (χ1) is 14.7. The van der Waals surface area contributed by atoms with Crippen molar-refractivity contribution in [2.75, 3.05) is 0 Å². The first-order valence-electron chi connectivity index (χ1n) is 9.55. The molecule has 0 bridgehead atoms. The van der Waals surface area contributed by atoms with Gasteiger partial charge in [-0.25, -0.2) is 9.97 Å². The molecule has 0 spiro atoms. The van der Waals surface area contributed by atoms with E-state index >= 15 is 0 Å². The van der Waals surface area contributed by atoms with Crippen LogP contribution in [0.5, 0.6) is 5.88 Å². The fourth-order valence-corrected chi connectivity index (χ4v) is 3.86. The first-order valence-corrected chi connectivity index (χ1v) is 9.99. The van der Waals surface area contributed by atoms with Gasteiger partial charge in [-0.1, -0.05) is 66.7 Å². The molecule has 0 unspecified atom stereocenters. The summed E-state index contributed by atoms with van der Waals surface area (Å²) in [4.78, 5) is 10.1. The Bertz CT molecular complexity index is 1350. The van der Waals surface area contributed by atoms with E-state index in [1.54, 1.807) is 6.20 Å². The molecule has 5 rings (SSSR count). The average Bonchev–Trinajstić information content (AvgIpc) is 2.80. The molecule has 30 heavy (non-hydrogen) atoms. The third-order valence-corrected chi connectivity index (χ3v) is 5.35. The number of thiol groups is 1. The Kier molecular flexibility index (Phi) is 4.69. The predicted octanol–water partition coefficient (Wildman–Crippen LogP) is 6.43. The third kappa shape index (κ3) is 3.31. The van der Waals surface area contributed by atoms with Crippen LogP contribution < -0.4 is 0 Å².